The summed E-state index contributed by atoms with van der Waals surface area (Å²) in [5.41, 5.74) is 0.722. The molecule has 1 heterocycles. The van der Waals surface area contributed by atoms with Gasteiger partial charge in [-0.05, 0) is 31.5 Å². The molecule has 1 aromatic carbocycles. The lowest BCUT2D eigenvalue weighted by Gasteiger charge is -2.41. The molecule has 1 aliphatic rings. The van der Waals surface area contributed by atoms with E-state index in [1.807, 2.05) is 0 Å². The van der Waals surface area contributed by atoms with Crippen molar-refractivity contribution in [3.8, 4) is 0 Å². The second-order valence-electron chi connectivity index (χ2n) is 4.96. The maximum Gasteiger partial charge on any atom is 0.251 e. The van der Waals surface area contributed by atoms with Crippen LogP contribution in [0.15, 0.2) is 22.7 Å². The number of aliphatic hydroxyl groups is 1. The van der Waals surface area contributed by atoms with Crippen molar-refractivity contribution < 1.29 is 14.7 Å². The van der Waals surface area contributed by atoms with E-state index in [-0.39, 0.29) is 25.0 Å². The van der Waals surface area contributed by atoms with E-state index in [0.717, 1.165) is 15.7 Å². The Morgan fingerprint density at radius 1 is 1.42 bits per heavy atom. The van der Waals surface area contributed by atoms with Crippen molar-refractivity contribution >= 4 is 33.4 Å². The standard InChI is InChI=1S/C13H15BrN2O3/c1-13(2)12(19)15-11(18)6-16(13)9-4-3-8(7-17)10(14)5-9/h3-5,17H,6-7H2,1-2H3,(H,15,18,19). The number of nitrogens with zero attached hydrogens (tertiary/aromatic N) is 1. The molecule has 0 aliphatic carbocycles. The molecular weight excluding hydrogens is 312 g/mol. The Morgan fingerprint density at radius 3 is 2.68 bits per heavy atom. The van der Waals surface area contributed by atoms with E-state index in [4.69, 9.17) is 5.11 Å². The summed E-state index contributed by atoms with van der Waals surface area (Å²) in [5.74, 6) is -0.627. The van der Waals surface area contributed by atoms with Crippen molar-refractivity contribution in [2.45, 2.75) is 26.0 Å². The first-order valence-electron chi connectivity index (χ1n) is 5.87. The lowest BCUT2D eigenvalue weighted by molar-refractivity contribution is -0.135. The van der Waals surface area contributed by atoms with Crippen LogP contribution in [0.4, 0.5) is 5.69 Å². The molecule has 0 aromatic heterocycles. The summed E-state index contributed by atoms with van der Waals surface area (Å²) in [6.45, 7) is 3.60. The summed E-state index contributed by atoms with van der Waals surface area (Å²) in [6, 6.07) is 5.37. The fourth-order valence-corrected chi connectivity index (χ4v) is 2.52. The zero-order valence-electron chi connectivity index (χ0n) is 10.7. The molecule has 5 nitrogen and oxygen atoms in total. The Bertz CT molecular complexity index is 543. The lowest BCUT2D eigenvalue weighted by Crippen LogP contribution is -2.64. The molecule has 0 unspecified atom stereocenters. The molecule has 1 fully saturated rings. The maximum absolute atomic E-state index is 11.9. The second-order valence-corrected chi connectivity index (χ2v) is 5.81. The van der Waals surface area contributed by atoms with Gasteiger partial charge in [-0.15, -0.1) is 0 Å². The Hall–Kier alpha value is -1.40. The summed E-state index contributed by atoms with van der Waals surface area (Å²) >= 11 is 3.37. The largest absolute Gasteiger partial charge is 0.392 e. The van der Waals surface area contributed by atoms with Crippen molar-refractivity contribution in [2.24, 2.45) is 0 Å². The zero-order valence-corrected chi connectivity index (χ0v) is 12.3. The minimum Gasteiger partial charge on any atom is -0.392 e. The number of hydrogen-bond acceptors (Lipinski definition) is 4. The molecule has 102 valence electrons. The van der Waals surface area contributed by atoms with Crippen LogP contribution >= 0.6 is 15.9 Å². The molecule has 0 bridgehead atoms. The third-order valence-corrected chi connectivity index (χ3v) is 4.04. The van der Waals surface area contributed by atoms with Crippen molar-refractivity contribution in [3.05, 3.63) is 28.2 Å². The number of benzene rings is 1. The van der Waals surface area contributed by atoms with E-state index in [9.17, 15) is 9.59 Å². The normalized spacial score (nSPS) is 18.4. The monoisotopic (exact) mass is 326 g/mol. The first-order chi connectivity index (χ1) is 8.86. The van der Waals surface area contributed by atoms with Crippen LogP contribution in [0.25, 0.3) is 0 Å². The summed E-state index contributed by atoms with van der Waals surface area (Å²) in [5, 5.41) is 11.5. The van der Waals surface area contributed by atoms with Gasteiger partial charge in [-0.2, -0.15) is 0 Å². The average Bonchev–Trinajstić information content (AvgIpc) is 2.34. The number of nitrogens with one attached hydrogen (secondary N) is 1. The van der Waals surface area contributed by atoms with Crippen molar-refractivity contribution in [1.29, 1.82) is 0 Å². The van der Waals surface area contributed by atoms with Crippen LogP contribution < -0.4 is 10.2 Å². The van der Waals surface area contributed by atoms with E-state index in [0.29, 0.717) is 0 Å². The van der Waals surface area contributed by atoms with E-state index in [1.54, 1.807) is 36.9 Å². The smallest absolute Gasteiger partial charge is 0.251 e. The van der Waals surface area contributed by atoms with Gasteiger partial charge in [0.25, 0.3) is 5.91 Å². The quantitative estimate of drug-likeness (QED) is 0.801. The number of imide groups is 1. The zero-order chi connectivity index (χ0) is 14.2. The predicted molar refractivity (Wildman–Crippen MR) is 74.6 cm³/mol. The highest BCUT2D eigenvalue weighted by molar-refractivity contribution is 9.10. The molecule has 0 atom stereocenters. The van der Waals surface area contributed by atoms with Gasteiger partial charge in [-0.3, -0.25) is 14.9 Å². The minimum atomic E-state index is -0.798. The molecule has 1 aromatic rings. The molecule has 6 heteroatoms. The number of hydrogen-bond donors (Lipinski definition) is 2. The Balaban J connectivity index is 2.41. The number of aliphatic hydroxyl groups excluding tert-OH is 1. The number of amides is 2. The highest BCUT2D eigenvalue weighted by Gasteiger charge is 2.41. The fraction of sp³-hybridized carbons (Fsp3) is 0.385. The molecule has 0 spiro atoms. The molecule has 1 aliphatic heterocycles. The fourth-order valence-electron chi connectivity index (χ4n) is 2.03. The van der Waals surface area contributed by atoms with Gasteiger partial charge >= 0.3 is 0 Å². The van der Waals surface area contributed by atoms with E-state index in [1.165, 1.54) is 0 Å². The Kier molecular flexibility index (Phi) is 3.64. The van der Waals surface area contributed by atoms with Crippen LogP contribution in [0, 0.1) is 0 Å². The number of anilines is 1. The highest BCUT2D eigenvalue weighted by atomic mass is 79.9. The average molecular weight is 327 g/mol. The van der Waals surface area contributed by atoms with Gasteiger partial charge in [0.2, 0.25) is 5.91 Å². The van der Waals surface area contributed by atoms with Crippen molar-refractivity contribution in [3.63, 3.8) is 0 Å². The SMILES string of the molecule is CC1(C)C(=O)NC(=O)CN1c1ccc(CO)c(Br)c1. The van der Waals surface area contributed by atoms with Crippen molar-refractivity contribution in [2.75, 3.05) is 11.4 Å². The number of piperazine rings is 1. The third-order valence-electron chi connectivity index (χ3n) is 3.30. The first-order valence-corrected chi connectivity index (χ1v) is 6.67. The van der Waals surface area contributed by atoms with E-state index < -0.39 is 5.54 Å². The molecule has 2 amide bonds. The third kappa shape index (κ3) is 2.50. The maximum atomic E-state index is 11.9. The van der Waals surface area contributed by atoms with Crippen LogP contribution in [-0.2, 0) is 16.2 Å². The van der Waals surface area contributed by atoms with E-state index >= 15 is 0 Å². The molecular formula is C13H15BrN2O3. The van der Waals surface area contributed by atoms with Gasteiger partial charge in [0.05, 0.1) is 13.2 Å². The molecule has 2 rings (SSSR count). The van der Waals surface area contributed by atoms with Crippen LogP contribution in [0.1, 0.15) is 19.4 Å². The minimum absolute atomic E-state index is 0.0658. The molecule has 2 N–H and O–H groups in total. The summed E-state index contributed by atoms with van der Waals surface area (Å²) in [4.78, 5) is 25.2. The van der Waals surface area contributed by atoms with Crippen LogP contribution in [0.2, 0.25) is 0 Å². The number of carbonyl (C=O) groups excluding carboxylic acids is 2. The van der Waals surface area contributed by atoms with Gasteiger partial charge in [0.15, 0.2) is 0 Å². The molecule has 1 saturated heterocycles. The van der Waals surface area contributed by atoms with Crippen LogP contribution in [-0.4, -0.2) is 29.0 Å². The van der Waals surface area contributed by atoms with Gasteiger partial charge in [0, 0.05) is 10.2 Å². The lowest BCUT2D eigenvalue weighted by atomic mass is 9.97. The van der Waals surface area contributed by atoms with Crippen LogP contribution in [0.3, 0.4) is 0 Å². The van der Waals surface area contributed by atoms with Crippen LogP contribution in [0.5, 0.6) is 0 Å². The molecule has 0 saturated carbocycles. The van der Waals surface area contributed by atoms with Gasteiger partial charge in [-0.1, -0.05) is 22.0 Å². The number of rotatable bonds is 2. The van der Waals surface area contributed by atoms with Gasteiger partial charge in [0.1, 0.15) is 5.54 Å². The van der Waals surface area contributed by atoms with Gasteiger partial charge in [-0.25, -0.2) is 0 Å². The molecule has 19 heavy (non-hydrogen) atoms. The first kappa shape index (κ1) is 14.0. The van der Waals surface area contributed by atoms with Crippen molar-refractivity contribution in [1.82, 2.24) is 5.32 Å². The Labute approximate surface area is 119 Å². The highest BCUT2D eigenvalue weighted by Crippen LogP contribution is 2.30. The second kappa shape index (κ2) is 4.94. The summed E-state index contributed by atoms with van der Waals surface area (Å²) in [7, 11) is 0. The Morgan fingerprint density at radius 2 is 2.11 bits per heavy atom. The summed E-state index contributed by atoms with van der Waals surface area (Å²) < 4.78 is 0.752. The number of carbonyl (C=O) groups is 2. The molecule has 0 radical (unpaired) electrons. The van der Waals surface area contributed by atoms with Gasteiger partial charge < -0.3 is 10.0 Å². The van der Waals surface area contributed by atoms with E-state index in [2.05, 4.69) is 21.2 Å². The summed E-state index contributed by atoms with van der Waals surface area (Å²) in [6.07, 6.45) is 0. The number of halogens is 1. The topological polar surface area (TPSA) is 69.6 Å². The predicted octanol–water partition coefficient (Wildman–Crippen LogP) is 1.18.